The van der Waals surface area contributed by atoms with E-state index in [2.05, 4.69) is 19.2 Å². The largest absolute Gasteiger partial charge is 0.419 e. The number of rotatable bonds is 3. The third-order valence-corrected chi connectivity index (χ3v) is 4.34. The Labute approximate surface area is 122 Å². The van der Waals surface area contributed by atoms with Crippen LogP contribution in [0, 0.1) is 17.7 Å². The van der Waals surface area contributed by atoms with Crippen LogP contribution in [0.1, 0.15) is 44.2 Å². The van der Waals surface area contributed by atoms with E-state index in [1.165, 1.54) is 6.07 Å². The minimum atomic E-state index is -4.65. The van der Waals surface area contributed by atoms with Gasteiger partial charge in [0.25, 0.3) is 0 Å². The van der Waals surface area contributed by atoms with Crippen molar-refractivity contribution in [3.05, 3.63) is 35.1 Å². The second-order valence-corrected chi connectivity index (χ2v) is 6.19. The maximum Gasteiger partial charge on any atom is 0.419 e. The molecule has 1 nitrogen and oxygen atoms in total. The fourth-order valence-electron chi connectivity index (χ4n) is 3.12. The van der Waals surface area contributed by atoms with Crippen LogP contribution in [0.3, 0.4) is 0 Å². The van der Waals surface area contributed by atoms with E-state index in [4.69, 9.17) is 0 Å². The average Bonchev–Trinajstić information content (AvgIpc) is 2.38. The van der Waals surface area contributed by atoms with Gasteiger partial charge in [-0.15, -0.1) is 0 Å². The average molecular weight is 303 g/mol. The van der Waals surface area contributed by atoms with Crippen molar-refractivity contribution in [3.8, 4) is 0 Å². The van der Waals surface area contributed by atoms with Gasteiger partial charge in [0.1, 0.15) is 5.82 Å². The molecule has 0 aliphatic heterocycles. The van der Waals surface area contributed by atoms with E-state index in [0.29, 0.717) is 30.0 Å². The van der Waals surface area contributed by atoms with Gasteiger partial charge in [0.05, 0.1) is 5.56 Å². The predicted molar refractivity (Wildman–Crippen MR) is 74.2 cm³/mol. The molecule has 0 heterocycles. The Bertz CT molecular complexity index is 484. The van der Waals surface area contributed by atoms with Crippen molar-refractivity contribution in [2.75, 3.05) is 0 Å². The molecule has 1 saturated carbocycles. The molecule has 118 valence electrons. The van der Waals surface area contributed by atoms with Gasteiger partial charge in [-0.25, -0.2) is 4.39 Å². The Morgan fingerprint density at radius 3 is 2.52 bits per heavy atom. The number of hydrogen-bond acceptors (Lipinski definition) is 1. The van der Waals surface area contributed by atoms with E-state index in [1.54, 1.807) is 0 Å². The molecule has 2 rings (SSSR count). The van der Waals surface area contributed by atoms with Gasteiger partial charge in [0, 0.05) is 12.6 Å². The summed E-state index contributed by atoms with van der Waals surface area (Å²) in [5, 5.41) is 3.32. The maximum atomic E-state index is 13.2. The number of hydrogen-bond donors (Lipinski definition) is 1. The Hall–Kier alpha value is -1.10. The second-order valence-electron chi connectivity index (χ2n) is 6.19. The van der Waals surface area contributed by atoms with Gasteiger partial charge >= 0.3 is 6.18 Å². The summed E-state index contributed by atoms with van der Waals surface area (Å²) >= 11 is 0. The highest BCUT2D eigenvalue weighted by Crippen LogP contribution is 2.32. The van der Waals surface area contributed by atoms with Crippen molar-refractivity contribution in [3.63, 3.8) is 0 Å². The lowest BCUT2D eigenvalue weighted by Crippen LogP contribution is -2.38. The van der Waals surface area contributed by atoms with Gasteiger partial charge in [-0.3, -0.25) is 0 Å². The van der Waals surface area contributed by atoms with Crippen molar-refractivity contribution in [1.82, 2.24) is 5.32 Å². The summed E-state index contributed by atoms with van der Waals surface area (Å²) in [5.41, 5.74) is -0.721. The summed E-state index contributed by atoms with van der Waals surface area (Å²) in [5.74, 6) is 0.00287. The Morgan fingerprint density at radius 2 is 1.90 bits per heavy atom. The van der Waals surface area contributed by atoms with E-state index in [-0.39, 0.29) is 0 Å². The molecule has 1 aromatic carbocycles. The second kappa shape index (κ2) is 6.34. The molecule has 21 heavy (non-hydrogen) atoms. The van der Waals surface area contributed by atoms with Crippen LogP contribution < -0.4 is 5.32 Å². The van der Waals surface area contributed by atoms with Gasteiger partial charge < -0.3 is 5.32 Å². The lowest BCUT2D eigenvalue weighted by Gasteiger charge is -2.33. The van der Waals surface area contributed by atoms with E-state index in [1.807, 2.05) is 0 Å². The first kappa shape index (κ1) is 16.3. The van der Waals surface area contributed by atoms with E-state index in [9.17, 15) is 17.6 Å². The Morgan fingerprint density at radius 1 is 1.19 bits per heavy atom. The third kappa shape index (κ3) is 4.19. The molecule has 0 amide bonds. The Kier molecular flexibility index (Phi) is 4.91. The normalized spacial score (nSPS) is 26.9. The highest BCUT2D eigenvalue weighted by Gasteiger charge is 2.34. The lowest BCUT2D eigenvalue weighted by atomic mass is 9.80. The molecule has 5 heteroatoms. The van der Waals surface area contributed by atoms with Gasteiger partial charge in [0.2, 0.25) is 0 Å². The molecule has 0 spiro atoms. The minimum absolute atomic E-state index is 0.320. The summed E-state index contributed by atoms with van der Waals surface area (Å²) in [7, 11) is 0. The molecule has 1 aliphatic carbocycles. The van der Waals surface area contributed by atoms with Crippen LogP contribution in [0.5, 0.6) is 0 Å². The molecule has 0 saturated heterocycles. The predicted octanol–water partition coefficient (Wildman–Crippen LogP) is 4.76. The van der Waals surface area contributed by atoms with Crippen LogP contribution in [0.15, 0.2) is 18.2 Å². The van der Waals surface area contributed by atoms with Gasteiger partial charge in [0.15, 0.2) is 0 Å². The molecular weight excluding hydrogens is 282 g/mol. The summed E-state index contributed by atoms with van der Waals surface area (Å²) in [6, 6.07) is 3.53. The number of halogens is 4. The van der Waals surface area contributed by atoms with Crippen molar-refractivity contribution in [1.29, 1.82) is 0 Å². The van der Waals surface area contributed by atoms with Crippen molar-refractivity contribution in [2.45, 2.75) is 51.9 Å². The molecule has 1 fully saturated rings. The first-order chi connectivity index (χ1) is 9.77. The quantitative estimate of drug-likeness (QED) is 0.794. The zero-order valence-corrected chi connectivity index (χ0v) is 12.3. The third-order valence-electron chi connectivity index (χ3n) is 4.34. The SMILES string of the molecule is CC1CCC(NCc2ccc(F)c(C(F)(F)F)c2)C(C)C1. The van der Waals surface area contributed by atoms with Crippen LogP contribution >= 0.6 is 0 Å². The molecule has 3 atom stereocenters. The summed E-state index contributed by atoms with van der Waals surface area (Å²) in [6.45, 7) is 4.73. The molecule has 1 N–H and O–H groups in total. The molecule has 0 radical (unpaired) electrons. The molecule has 0 aromatic heterocycles. The number of nitrogens with one attached hydrogen (secondary N) is 1. The van der Waals surface area contributed by atoms with Gasteiger partial charge in [-0.2, -0.15) is 13.2 Å². The van der Waals surface area contributed by atoms with Crippen molar-refractivity contribution >= 4 is 0 Å². The summed E-state index contributed by atoms with van der Waals surface area (Å²) in [4.78, 5) is 0. The van der Waals surface area contributed by atoms with Crippen LogP contribution in [0.4, 0.5) is 17.6 Å². The lowest BCUT2D eigenvalue weighted by molar-refractivity contribution is -0.140. The standard InChI is InChI=1S/C16H21F4N/c1-10-3-6-15(11(2)7-10)21-9-12-4-5-14(17)13(8-12)16(18,19)20/h4-5,8,10-11,15,21H,3,6-7,9H2,1-2H3. The highest BCUT2D eigenvalue weighted by molar-refractivity contribution is 5.27. The number of alkyl halides is 3. The van der Waals surface area contributed by atoms with E-state index in [0.717, 1.165) is 31.4 Å². The first-order valence-corrected chi connectivity index (χ1v) is 7.36. The van der Waals surface area contributed by atoms with E-state index >= 15 is 0 Å². The Balaban J connectivity index is 2.01. The molecule has 3 unspecified atom stereocenters. The fraction of sp³-hybridized carbons (Fsp3) is 0.625. The maximum absolute atomic E-state index is 13.2. The van der Waals surface area contributed by atoms with Crippen LogP contribution in [0.2, 0.25) is 0 Å². The topological polar surface area (TPSA) is 12.0 Å². The van der Waals surface area contributed by atoms with Crippen molar-refractivity contribution < 1.29 is 17.6 Å². The van der Waals surface area contributed by atoms with Gasteiger partial charge in [-0.1, -0.05) is 19.9 Å². The molecule has 0 bridgehead atoms. The zero-order valence-electron chi connectivity index (χ0n) is 12.3. The van der Waals surface area contributed by atoms with Crippen LogP contribution in [-0.4, -0.2) is 6.04 Å². The van der Waals surface area contributed by atoms with Crippen LogP contribution in [-0.2, 0) is 12.7 Å². The summed E-state index contributed by atoms with van der Waals surface area (Å²) < 4.78 is 51.2. The summed E-state index contributed by atoms with van der Waals surface area (Å²) in [6.07, 6.45) is -1.34. The minimum Gasteiger partial charge on any atom is -0.310 e. The van der Waals surface area contributed by atoms with E-state index < -0.39 is 17.6 Å². The fourth-order valence-corrected chi connectivity index (χ4v) is 3.12. The molecule has 1 aromatic rings. The zero-order chi connectivity index (χ0) is 15.6. The molecular formula is C16H21F4N. The smallest absolute Gasteiger partial charge is 0.310 e. The monoisotopic (exact) mass is 303 g/mol. The van der Waals surface area contributed by atoms with Gasteiger partial charge in [-0.05, 0) is 48.8 Å². The number of benzene rings is 1. The van der Waals surface area contributed by atoms with Crippen molar-refractivity contribution in [2.24, 2.45) is 11.8 Å². The highest BCUT2D eigenvalue weighted by atomic mass is 19.4. The van der Waals surface area contributed by atoms with Crippen LogP contribution in [0.25, 0.3) is 0 Å². The molecule has 1 aliphatic rings. The first-order valence-electron chi connectivity index (χ1n) is 7.36.